The van der Waals surface area contributed by atoms with E-state index in [0.717, 1.165) is 0 Å². The van der Waals surface area contributed by atoms with Crippen molar-refractivity contribution in [2.24, 2.45) is 11.7 Å². The Morgan fingerprint density at radius 2 is 1.89 bits per heavy atom. The Morgan fingerprint density at radius 3 is 2.44 bits per heavy atom. The second-order valence-corrected chi connectivity index (χ2v) is 5.23. The number of hydrogen-bond acceptors (Lipinski definition) is 1. The van der Waals surface area contributed by atoms with Gasteiger partial charge in [-0.2, -0.15) is 0 Å². The summed E-state index contributed by atoms with van der Waals surface area (Å²) in [5.74, 6) is -2.81. The van der Waals surface area contributed by atoms with E-state index in [1.807, 2.05) is 0 Å². The lowest BCUT2D eigenvalue weighted by Crippen LogP contribution is -2.31. The van der Waals surface area contributed by atoms with Gasteiger partial charge < -0.3 is 5.73 Å². The molecule has 1 atom stereocenters. The number of alkyl halides is 2. The summed E-state index contributed by atoms with van der Waals surface area (Å²) in [5, 5.41) is 0. The van der Waals surface area contributed by atoms with Gasteiger partial charge in [-0.1, -0.05) is 12.1 Å². The molecule has 100 valence electrons. The van der Waals surface area contributed by atoms with Gasteiger partial charge in [0.25, 0.3) is 0 Å². The average Bonchev–Trinajstić information content (AvgIpc) is 2.32. The Balaban J connectivity index is 2.07. The maximum Gasteiger partial charge on any atom is 0.248 e. The topological polar surface area (TPSA) is 26.0 Å². The molecule has 0 bridgehead atoms. The first kappa shape index (κ1) is 13.4. The maximum absolute atomic E-state index is 13.5. The van der Waals surface area contributed by atoms with Crippen LogP contribution in [0.4, 0.5) is 13.2 Å². The monoisotopic (exact) mass is 257 g/mol. The minimum absolute atomic E-state index is 0.0201. The molecule has 18 heavy (non-hydrogen) atoms. The molecule has 0 radical (unpaired) electrons. The number of aryl methyl sites for hydroxylation is 1. The molecule has 1 aliphatic rings. The van der Waals surface area contributed by atoms with Gasteiger partial charge in [-0.3, -0.25) is 0 Å². The van der Waals surface area contributed by atoms with Crippen LogP contribution in [0.2, 0.25) is 0 Å². The summed E-state index contributed by atoms with van der Waals surface area (Å²) in [6.45, 7) is 1.69. The summed E-state index contributed by atoms with van der Waals surface area (Å²) in [7, 11) is 0. The van der Waals surface area contributed by atoms with Crippen molar-refractivity contribution in [2.45, 2.75) is 44.6 Å². The molecule has 4 heteroatoms. The van der Waals surface area contributed by atoms with Gasteiger partial charge in [-0.25, -0.2) is 13.2 Å². The number of hydrogen-bond donors (Lipinski definition) is 1. The van der Waals surface area contributed by atoms with Crippen molar-refractivity contribution in [3.8, 4) is 0 Å². The van der Waals surface area contributed by atoms with Crippen LogP contribution in [-0.4, -0.2) is 5.92 Å². The van der Waals surface area contributed by atoms with Gasteiger partial charge >= 0.3 is 0 Å². The zero-order chi connectivity index (χ0) is 13.3. The van der Waals surface area contributed by atoms with E-state index in [9.17, 15) is 13.2 Å². The third-order valence-corrected chi connectivity index (χ3v) is 3.85. The number of nitrogens with two attached hydrogens (primary N) is 1. The molecule has 2 rings (SSSR count). The summed E-state index contributed by atoms with van der Waals surface area (Å²) in [5.41, 5.74) is 7.34. The van der Waals surface area contributed by atoms with E-state index in [4.69, 9.17) is 5.73 Å². The molecule has 0 aliphatic heterocycles. The van der Waals surface area contributed by atoms with Gasteiger partial charge in [-0.15, -0.1) is 0 Å². The molecule has 1 aromatic carbocycles. The summed E-state index contributed by atoms with van der Waals surface area (Å²) in [6.07, 6.45) is 0.590. The van der Waals surface area contributed by atoms with Crippen molar-refractivity contribution in [1.82, 2.24) is 0 Å². The van der Waals surface area contributed by atoms with E-state index in [0.29, 0.717) is 24.0 Å². The Kier molecular flexibility index (Phi) is 3.66. The smallest absolute Gasteiger partial charge is 0.248 e. The quantitative estimate of drug-likeness (QED) is 0.852. The molecule has 1 unspecified atom stereocenters. The van der Waals surface area contributed by atoms with Gasteiger partial charge in [0.2, 0.25) is 5.92 Å². The molecule has 1 saturated carbocycles. The van der Waals surface area contributed by atoms with E-state index in [2.05, 4.69) is 0 Å². The molecular formula is C14H18F3N. The van der Waals surface area contributed by atoms with Crippen LogP contribution in [0.5, 0.6) is 0 Å². The zero-order valence-corrected chi connectivity index (χ0v) is 10.4. The van der Waals surface area contributed by atoms with Gasteiger partial charge in [0.1, 0.15) is 5.82 Å². The van der Waals surface area contributed by atoms with Crippen molar-refractivity contribution >= 4 is 0 Å². The van der Waals surface area contributed by atoms with Gasteiger partial charge in [0.05, 0.1) is 0 Å². The third kappa shape index (κ3) is 2.86. The molecule has 0 aromatic heterocycles. The first-order chi connectivity index (χ1) is 8.39. The van der Waals surface area contributed by atoms with Crippen molar-refractivity contribution in [3.05, 3.63) is 35.1 Å². The zero-order valence-electron chi connectivity index (χ0n) is 10.4. The molecule has 0 spiro atoms. The third-order valence-electron chi connectivity index (χ3n) is 3.85. The highest BCUT2D eigenvalue weighted by molar-refractivity contribution is 5.26. The lowest BCUT2D eigenvalue weighted by Gasteiger charge is -2.32. The van der Waals surface area contributed by atoms with E-state index in [-0.39, 0.29) is 30.6 Å². The van der Waals surface area contributed by atoms with Crippen LogP contribution in [0, 0.1) is 18.7 Å². The van der Waals surface area contributed by atoms with Gasteiger partial charge in [0.15, 0.2) is 0 Å². The summed E-state index contributed by atoms with van der Waals surface area (Å²) >= 11 is 0. The minimum atomic E-state index is -2.55. The second kappa shape index (κ2) is 4.92. The lowest BCUT2D eigenvalue weighted by atomic mass is 9.80. The summed E-state index contributed by atoms with van der Waals surface area (Å²) < 4.78 is 39.6. The van der Waals surface area contributed by atoms with Crippen molar-refractivity contribution in [3.63, 3.8) is 0 Å². The first-order valence-corrected chi connectivity index (χ1v) is 6.28. The van der Waals surface area contributed by atoms with E-state index in [1.54, 1.807) is 19.1 Å². The van der Waals surface area contributed by atoms with E-state index in [1.165, 1.54) is 6.07 Å². The van der Waals surface area contributed by atoms with Crippen molar-refractivity contribution in [1.29, 1.82) is 0 Å². The van der Waals surface area contributed by atoms with E-state index < -0.39 is 5.92 Å². The normalized spacial score (nSPS) is 21.8. The summed E-state index contributed by atoms with van der Waals surface area (Å²) in [6, 6.07) is 4.54. The van der Waals surface area contributed by atoms with E-state index >= 15 is 0 Å². The number of benzene rings is 1. The van der Waals surface area contributed by atoms with Crippen molar-refractivity contribution < 1.29 is 13.2 Å². The predicted octanol–water partition coefficient (Wildman–Crippen LogP) is 3.96. The maximum atomic E-state index is 13.5. The minimum Gasteiger partial charge on any atom is -0.324 e. The fourth-order valence-electron chi connectivity index (χ4n) is 2.51. The standard InChI is InChI=1S/C14H18F3N/c1-9-2-3-11(8-12(9)15)13(18)10-4-6-14(16,17)7-5-10/h2-3,8,10,13H,4-7,18H2,1H3. The molecular weight excluding hydrogens is 239 g/mol. The number of halogens is 3. The molecule has 1 fully saturated rings. The van der Waals surface area contributed by atoms with Crippen LogP contribution >= 0.6 is 0 Å². The van der Waals surface area contributed by atoms with Crippen LogP contribution < -0.4 is 5.73 Å². The Morgan fingerprint density at radius 1 is 1.28 bits per heavy atom. The first-order valence-electron chi connectivity index (χ1n) is 6.28. The summed E-state index contributed by atoms with van der Waals surface area (Å²) in [4.78, 5) is 0. The van der Waals surface area contributed by atoms with Crippen LogP contribution in [0.3, 0.4) is 0 Å². The Bertz CT molecular complexity index is 421. The van der Waals surface area contributed by atoms with Crippen LogP contribution in [0.15, 0.2) is 18.2 Å². The second-order valence-electron chi connectivity index (χ2n) is 5.23. The van der Waals surface area contributed by atoms with Crippen molar-refractivity contribution in [2.75, 3.05) is 0 Å². The van der Waals surface area contributed by atoms with Crippen LogP contribution in [-0.2, 0) is 0 Å². The van der Waals surface area contributed by atoms with Crippen LogP contribution in [0.25, 0.3) is 0 Å². The Hall–Kier alpha value is -1.03. The largest absolute Gasteiger partial charge is 0.324 e. The van der Waals surface area contributed by atoms with Gasteiger partial charge in [-0.05, 0) is 42.9 Å². The molecule has 2 N–H and O–H groups in total. The highest BCUT2D eigenvalue weighted by Gasteiger charge is 2.37. The molecule has 1 aliphatic carbocycles. The molecule has 0 amide bonds. The lowest BCUT2D eigenvalue weighted by molar-refractivity contribution is -0.0483. The molecule has 1 aromatic rings. The molecule has 0 saturated heterocycles. The highest BCUT2D eigenvalue weighted by atomic mass is 19.3. The number of rotatable bonds is 2. The SMILES string of the molecule is Cc1ccc(C(N)C2CCC(F)(F)CC2)cc1F. The van der Waals surface area contributed by atoms with Gasteiger partial charge in [0, 0.05) is 18.9 Å². The molecule has 1 nitrogen and oxygen atoms in total. The fraction of sp³-hybridized carbons (Fsp3) is 0.571. The van der Waals surface area contributed by atoms with Crippen LogP contribution in [0.1, 0.15) is 42.9 Å². The average molecular weight is 257 g/mol. The molecule has 0 heterocycles. The highest BCUT2D eigenvalue weighted by Crippen LogP contribution is 2.40. The Labute approximate surface area is 105 Å². The predicted molar refractivity (Wildman–Crippen MR) is 65.0 cm³/mol. The fourth-order valence-corrected chi connectivity index (χ4v) is 2.51.